The van der Waals surface area contributed by atoms with Gasteiger partial charge in [0.2, 0.25) is 0 Å². The van der Waals surface area contributed by atoms with E-state index < -0.39 is 5.56 Å². The standard InChI is InChI=1S/C25H20ClN5O3/c1-15-5-3-4-6-18(15)24(32)29-30-12-11-21-19(25(30)33)13-27-23-22(16-7-9-17(26)10-8-16)20(14-34-2)28-31(21)23/h3-13H,14H2,1-2H3,(H,29,32). The maximum atomic E-state index is 13.2. The molecule has 0 atom stereocenters. The van der Waals surface area contributed by atoms with Crippen LogP contribution in [0.2, 0.25) is 5.02 Å². The van der Waals surface area contributed by atoms with Crippen LogP contribution in [0.25, 0.3) is 27.7 Å². The van der Waals surface area contributed by atoms with E-state index in [4.69, 9.17) is 16.3 Å². The number of nitrogens with zero attached hydrogens (tertiary/aromatic N) is 4. The van der Waals surface area contributed by atoms with E-state index in [2.05, 4.69) is 15.5 Å². The molecule has 170 valence electrons. The van der Waals surface area contributed by atoms with Crippen LogP contribution in [-0.4, -0.2) is 32.3 Å². The lowest BCUT2D eigenvalue weighted by Crippen LogP contribution is -2.33. The maximum absolute atomic E-state index is 13.2. The molecule has 34 heavy (non-hydrogen) atoms. The summed E-state index contributed by atoms with van der Waals surface area (Å²) in [5, 5.41) is 5.62. The summed E-state index contributed by atoms with van der Waals surface area (Å²) in [6, 6.07) is 16.3. The van der Waals surface area contributed by atoms with Crippen molar-refractivity contribution in [3.63, 3.8) is 0 Å². The van der Waals surface area contributed by atoms with E-state index in [9.17, 15) is 9.59 Å². The number of carbonyl (C=O) groups excluding carboxylic acids is 1. The molecule has 1 amide bonds. The van der Waals surface area contributed by atoms with Gasteiger partial charge in [0, 0.05) is 30.1 Å². The normalized spacial score (nSPS) is 11.3. The fourth-order valence-electron chi connectivity index (χ4n) is 3.95. The second kappa shape index (κ2) is 8.74. The molecule has 5 aromatic rings. The Bertz CT molecular complexity index is 1610. The van der Waals surface area contributed by atoms with Crippen LogP contribution in [0.3, 0.4) is 0 Å². The van der Waals surface area contributed by atoms with Crippen LogP contribution in [-0.2, 0) is 11.3 Å². The van der Waals surface area contributed by atoms with Crippen LogP contribution in [0.15, 0.2) is 71.8 Å². The third kappa shape index (κ3) is 3.72. The van der Waals surface area contributed by atoms with E-state index in [1.165, 1.54) is 12.4 Å². The maximum Gasteiger partial charge on any atom is 0.280 e. The molecular formula is C25H20ClN5O3. The molecule has 1 N–H and O–H groups in total. The number of hydrogen-bond acceptors (Lipinski definition) is 5. The first-order valence-corrected chi connectivity index (χ1v) is 10.9. The Morgan fingerprint density at radius 2 is 1.88 bits per heavy atom. The predicted octanol–water partition coefficient (Wildman–Crippen LogP) is 4.20. The summed E-state index contributed by atoms with van der Waals surface area (Å²) < 4.78 is 8.14. The highest BCUT2D eigenvalue weighted by Crippen LogP contribution is 2.30. The van der Waals surface area contributed by atoms with Crippen LogP contribution in [0.1, 0.15) is 21.6 Å². The average Bonchev–Trinajstić information content (AvgIpc) is 3.20. The lowest BCUT2D eigenvalue weighted by molar-refractivity contribution is 0.101. The van der Waals surface area contributed by atoms with Gasteiger partial charge in [-0.05, 0) is 42.3 Å². The highest BCUT2D eigenvalue weighted by Gasteiger charge is 2.19. The van der Waals surface area contributed by atoms with Crippen LogP contribution in [0, 0.1) is 6.92 Å². The molecule has 2 aromatic carbocycles. The number of halogens is 1. The average molecular weight is 474 g/mol. The van der Waals surface area contributed by atoms with Crippen molar-refractivity contribution in [3.8, 4) is 11.1 Å². The van der Waals surface area contributed by atoms with Gasteiger partial charge in [-0.2, -0.15) is 5.10 Å². The zero-order valence-corrected chi connectivity index (χ0v) is 19.2. The van der Waals surface area contributed by atoms with Gasteiger partial charge in [-0.3, -0.25) is 15.0 Å². The number of pyridine rings is 1. The lowest BCUT2D eigenvalue weighted by atomic mass is 10.1. The van der Waals surface area contributed by atoms with E-state index in [0.717, 1.165) is 21.4 Å². The predicted molar refractivity (Wildman–Crippen MR) is 131 cm³/mol. The molecule has 0 fully saturated rings. The molecule has 0 saturated carbocycles. The molecular weight excluding hydrogens is 454 g/mol. The van der Waals surface area contributed by atoms with Crippen LogP contribution in [0.4, 0.5) is 0 Å². The van der Waals surface area contributed by atoms with Crippen molar-refractivity contribution in [2.75, 3.05) is 12.5 Å². The SMILES string of the molecule is COCc1nn2c(ncc3c(=O)n(NC(=O)c4ccccc4C)ccc32)c1-c1ccc(Cl)cc1. The monoisotopic (exact) mass is 473 g/mol. The number of amides is 1. The summed E-state index contributed by atoms with van der Waals surface area (Å²) in [6.07, 6.45) is 3.01. The molecule has 3 aromatic heterocycles. The van der Waals surface area contributed by atoms with Crippen molar-refractivity contribution < 1.29 is 9.53 Å². The minimum atomic E-state index is -0.411. The van der Waals surface area contributed by atoms with Crippen LogP contribution in [0.5, 0.6) is 0 Å². The van der Waals surface area contributed by atoms with Crippen molar-refractivity contribution in [1.82, 2.24) is 19.3 Å². The minimum Gasteiger partial charge on any atom is -0.378 e. The number of hydrogen-bond donors (Lipinski definition) is 1. The van der Waals surface area contributed by atoms with E-state index in [0.29, 0.717) is 32.8 Å². The van der Waals surface area contributed by atoms with Gasteiger partial charge in [-0.1, -0.05) is 41.9 Å². The largest absolute Gasteiger partial charge is 0.378 e. The summed E-state index contributed by atoms with van der Waals surface area (Å²) in [6.45, 7) is 2.11. The number of ether oxygens (including phenoxy) is 1. The second-order valence-corrected chi connectivity index (χ2v) is 8.24. The first-order chi connectivity index (χ1) is 16.5. The molecule has 9 heteroatoms. The Balaban J connectivity index is 1.63. The van der Waals surface area contributed by atoms with E-state index in [-0.39, 0.29) is 12.5 Å². The summed E-state index contributed by atoms with van der Waals surface area (Å²) in [7, 11) is 1.59. The lowest BCUT2D eigenvalue weighted by Gasteiger charge is -2.11. The zero-order valence-electron chi connectivity index (χ0n) is 18.4. The van der Waals surface area contributed by atoms with Crippen LogP contribution < -0.4 is 11.0 Å². The number of rotatable bonds is 5. The molecule has 0 aliphatic heterocycles. The summed E-state index contributed by atoms with van der Waals surface area (Å²) in [5.74, 6) is -0.375. The van der Waals surface area contributed by atoms with E-state index >= 15 is 0 Å². The highest BCUT2D eigenvalue weighted by molar-refractivity contribution is 6.30. The highest BCUT2D eigenvalue weighted by atomic mass is 35.5. The topological polar surface area (TPSA) is 90.5 Å². The molecule has 0 aliphatic carbocycles. The molecule has 0 unspecified atom stereocenters. The Morgan fingerprint density at radius 3 is 2.62 bits per heavy atom. The summed E-state index contributed by atoms with van der Waals surface area (Å²) in [5.41, 5.74) is 7.07. The Hall–Kier alpha value is -4.01. The van der Waals surface area contributed by atoms with Crippen molar-refractivity contribution in [1.29, 1.82) is 0 Å². The number of aryl methyl sites for hydroxylation is 1. The van der Waals surface area contributed by atoms with E-state index in [1.54, 1.807) is 42.0 Å². The van der Waals surface area contributed by atoms with Crippen molar-refractivity contribution >= 4 is 34.1 Å². The first-order valence-electron chi connectivity index (χ1n) is 10.5. The van der Waals surface area contributed by atoms with Gasteiger partial charge in [0.25, 0.3) is 11.5 Å². The van der Waals surface area contributed by atoms with Gasteiger partial charge >= 0.3 is 0 Å². The summed E-state index contributed by atoms with van der Waals surface area (Å²) >= 11 is 6.06. The Labute approximate surface area is 199 Å². The number of benzene rings is 2. The molecule has 0 saturated heterocycles. The quantitative estimate of drug-likeness (QED) is 0.413. The Kier molecular flexibility index (Phi) is 5.61. The van der Waals surface area contributed by atoms with Crippen molar-refractivity contribution in [2.45, 2.75) is 13.5 Å². The molecule has 3 heterocycles. The Morgan fingerprint density at radius 1 is 1.12 bits per heavy atom. The number of carbonyl (C=O) groups is 1. The number of fused-ring (bicyclic) bond motifs is 3. The first kappa shape index (κ1) is 21.8. The molecule has 5 rings (SSSR count). The molecule has 0 aliphatic rings. The fraction of sp³-hybridized carbons (Fsp3) is 0.120. The fourth-order valence-corrected chi connectivity index (χ4v) is 4.08. The number of methoxy groups -OCH3 is 1. The van der Waals surface area contributed by atoms with Gasteiger partial charge in [-0.15, -0.1) is 0 Å². The third-order valence-electron chi connectivity index (χ3n) is 5.61. The van der Waals surface area contributed by atoms with Gasteiger partial charge in [0.1, 0.15) is 0 Å². The number of nitrogens with one attached hydrogen (secondary N) is 1. The van der Waals surface area contributed by atoms with Gasteiger partial charge < -0.3 is 4.74 Å². The summed E-state index contributed by atoms with van der Waals surface area (Å²) in [4.78, 5) is 30.4. The molecule has 0 radical (unpaired) electrons. The van der Waals surface area contributed by atoms with Crippen LogP contribution >= 0.6 is 11.6 Å². The minimum absolute atomic E-state index is 0.270. The van der Waals surface area contributed by atoms with Gasteiger partial charge in [0.15, 0.2) is 5.65 Å². The smallest absolute Gasteiger partial charge is 0.280 e. The van der Waals surface area contributed by atoms with Crippen molar-refractivity contribution in [2.24, 2.45) is 0 Å². The number of aromatic nitrogens is 4. The van der Waals surface area contributed by atoms with Gasteiger partial charge in [0.05, 0.1) is 28.8 Å². The van der Waals surface area contributed by atoms with Gasteiger partial charge in [-0.25, -0.2) is 14.2 Å². The second-order valence-electron chi connectivity index (χ2n) is 7.80. The molecule has 0 bridgehead atoms. The third-order valence-corrected chi connectivity index (χ3v) is 5.86. The van der Waals surface area contributed by atoms with E-state index in [1.807, 2.05) is 31.2 Å². The molecule has 0 spiro atoms. The van der Waals surface area contributed by atoms with Crippen molar-refractivity contribution in [3.05, 3.63) is 99.2 Å². The molecule has 8 nitrogen and oxygen atoms in total. The zero-order chi connectivity index (χ0) is 23.8.